The topological polar surface area (TPSA) is 135 Å². The molecular weight excluding hydrogens is 606 g/mol. The molecule has 0 aliphatic carbocycles. The Labute approximate surface area is 252 Å². The summed E-state index contributed by atoms with van der Waals surface area (Å²) in [5.41, 5.74) is 7.99. The molecule has 4 N–H and O–H groups in total. The third-order valence-corrected chi connectivity index (χ3v) is 7.18. The van der Waals surface area contributed by atoms with E-state index in [0.29, 0.717) is 29.4 Å². The molecule has 1 aliphatic rings. The van der Waals surface area contributed by atoms with E-state index in [2.05, 4.69) is 41.7 Å². The number of aliphatic hydroxyl groups is 1. The first-order valence-corrected chi connectivity index (χ1v) is 14.1. The summed E-state index contributed by atoms with van der Waals surface area (Å²) >= 11 is 3.47. The molecular formula is C30H34BrN5O6. The van der Waals surface area contributed by atoms with Crippen molar-refractivity contribution in [3.63, 3.8) is 0 Å². The van der Waals surface area contributed by atoms with Crippen LogP contribution in [0.3, 0.4) is 0 Å². The molecule has 2 amide bonds. The number of aryl methyl sites for hydroxylation is 1. The molecule has 3 aromatic rings. The number of nitrogens with zero attached hydrogens (tertiary/aromatic N) is 2. The molecule has 222 valence electrons. The summed E-state index contributed by atoms with van der Waals surface area (Å²) in [5, 5.41) is 20.0. The molecule has 2 atom stereocenters. The zero-order valence-corrected chi connectivity index (χ0v) is 25.6. The smallest absolute Gasteiger partial charge is 0.337 e. The largest absolute Gasteiger partial charge is 0.490 e. The third-order valence-electron chi connectivity index (χ3n) is 6.65. The molecule has 0 saturated carbocycles. The van der Waals surface area contributed by atoms with Crippen LogP contribution in [0.4, 0.5) is 4.79 Å². The van der Waals surface area contributed by atoms with E-state index in [9.17, 15) is 14.7 Å². The molecule has 4 rings (SSSR count). The Morgan fingerprint density at radius 3 is 2.57 bits per heavy atom. The summed E-state index contributed by atoms with van der Waals surface area (Å²) in [7, 11) is 1.28. The minimum atomic E-state index is -1.11. The summed E-state index contributed by atoms with van der Waals surface area (Å²) < 4.78 is 19.6. The Kier molecular flexibility index (Phi) is 9.92. The number of hydrogen-bond donors (Lipinski definition) is 4. The lowest BCUT2D eigenvalue weighted by atomic mass is 9.95. The lowest BCUT2D eigenvalue weighted by molar-refractivity contribution is -0.136. The lowest BCUT2D eigenvalue weighted by Gasteiger charge is -2.28. The van der Waals surface area contributed by atoms with Crippen molar-refractivity contribution in [3.05, 3.63) is 86.8 Å². The molecule has 42 heavy (non-hydrogen) atoms. The van der Waals surface area contributed by atoms with E-state index in [1.165, 1.54) is 7.11 Å². The predicted molar refractivity (Wildman–Crippen MR) is 162 cm³/mol. The number of hydrazone groups is 1. The van der Waals surface area contributed by atoms with Gasteiger partial charge in [-0.25, -0.2) is 9.59 Å². The van der Waals surface area contributed by atoms with Crippen LogP contribution < -0.4 is 25.5 Å². The van der Waals surface area contributed by atoms with Gasteiger partial charge in [0.2, 0.25) is 0 Å². The van der Waals surface area contributed by atoms with Gasteiger partial charge in [-0.05, 0) is 75.7 Å². The first-order chi connectivity index (χ1) is 20.1. The monoisotopic (exact) mass is 639 g/mol. The summed E-state index contributed by atoms with van der Waals surface area (Å²) in [5.74, 6) is 0.207. The standard InChI is InChI=1S/C30H34BrN5O6/c1-6-41-25-14-20(28-27(29(38)40-5)18(3)33-30(39)34-28)7-12-24(25)42-16-26(37)35-32-15-21-13-17(2)36(19(21)4)23-10-8-22(31)9-11-23/h7-15,26,28,35,37H,6,16H2,1-5H3,(H2,33,34,39)/b32-15+/t26-,28-/m1/s1. The highest BCUT2D eigenvalue weighted by atomic mass is 79.9. The van der Waals surface area contributed by atoms with E-state index < -0.39 is 24.3 Å². The van der Waals surface area contributed by atoms with Crippen LogP contribution in [0.5, 0.6) is 11.5 Å². The van der Waals surface area contributed by atoms with E-state index in [1.807, 2.05) is 51.1 Å². The molecule has 0 fully saturated rings. The number of carbonyl (C=O) groups is 2. The number of hydrogen-bond acceptors (Lipinski definition) is 8. The van der Waals surface area contributed by atoms with Gasteiger partial charge in [0.1, 0.15) is 6.61 Å². The SMILES string of the molecule is CCOc1cc([C@H]2NC(=O)NC(C)=C2C(=O)OC)ccc1OC[C@@H](O)N/N=C/c1cc(C)n(-c2ccc(Br)cc2)c1C. The van der Waals surface area contributed by atoms with Gasteiger partial charge in [0.25, 0.3) is 0 Å². The Morgan fingerprint density at radius 2 is 1.88 bits per heavy atom. The zero-order chi connectivity index (χ0) is 30.4. The average molecular weight is 641 g/mol. The number of carbonyl (C=O) groups excluding carboxylic acids is 2. The first-order valence-electron chi connectivity index (χ1n) is 13.3. The molecule has 11 nitrogen and oxygen atoms in total. The highest BCUT2D eigenvalue weighted by molar-refractivity contribution is 9.10. The van der Waals surface area contributed by atoms with E-state index in [1.54, 1.807) is 31.3 Å². The van der Waals surface area contributed by atoms with Gasteiger partial charge in [0, 0.05) is 32.8 Å². The van der Waals surface area contributed by atoms with Crippen molar-refractivity contribution in [1.82, 2.24) is 20.6 Å². The van der Waals surface area contributed by atoms with Crippen LogP contribution in [0, 0.1) is 13.8 Å². The highest BCUT2D eigenvalue weighted by Crippen LogP contribution is 2.35. The third kappa shape index (κ3) is 6.94. The quantitative estimate of drug-likeness (QED) is 0.106. The predicted octanol–water partition coefficient (Wildman–Crippen LogP) is 4.38. The van der Waals surface area contributed by atoms with Crippen LogP contribution in [0.2, 0.25) is 0 Å². The van der Waals surface area contributed by atoms with E-state index in [4.69, 9.17) is 14.2 Å². The van der Waals surface area contributed by atoms with Crippen molar-refractivity contribution in [3.8, 4) is 17.2 Å². The van der Waals surface area contributed by atoms with Gasteiger partial charge in [0.05, 0.1) is 31.5 Å². The van der Waals surface area contributed by atoms with Gasteiger partial charge in [-0.2, -0.15) is 5.10 Å². The molecule has 0 radical (unpaired) electrons. The van der Waals surface area contributed by atoms with E-state index in [-0.39, 0.29) is 12.2 Å². The normalized spacial score (nSPS) is 15.7. The maximum atomic E-state index is 12.4. The van der Waals surface area contributed by atoms with Gasteiger partial charge >= 0.3 is 12.0 Å². The van der Waals surface area contributed by atoms with Gasteiger partial charge in [0.15, 0.2) is 17.7 Å². The Hall–Kier alpha value is -4.29. The maximum Gasteiger partial charge on any atom is 0.337 e. The number of esters is 1. The molecule has 0 bridgehead atoms. The Balaban J connectivity index is 1.43. The number of nitrogens with one attached hydrogen (secondary N) is 3. The second kappa shape index (κ2) is 13.6. The first kappa shape index (κ1) is 30.7. The van der Waals surface area contributed by atoms with Crippen molar-refractivity contribution in [2.45, 2.75) is 40.0 Å². The summed E-state index contributed by atoms with van der Waals surface area (Å²) in [6.07, 6.45) is 0.550. The number of aliphatic hydroxyl groups excluding tert-OH is 1. The number of rotatable bonds is 11. The molecule has 12 heteroatoms. The molecule has 1 aliphatic heterocycles. The van der Waals surface area contributed by atoms with Crippen molar-refractivity contribution in [2.75, 3.05) is 20.3 Å². The molecule has 0 unspecified atom stereocenters. The van der Waals surface area contributed by atoms with Gasteiger partial charge in [-0.15, -0.1) is 0 Å². The van der Waals surface area contributed by atoms with Crippen molar-refractivity contribution < 1.29 is 28.9 Å². The Morgan fingerprint density at radius 1 is 1.14 bits per heavy atom. The number of allylic oxidation sites excluding steroid dienone is 1. The average Bonchev–Trinajstić information content (AvgIpc) is 3.24. The molecule has 2 heterocycles. The number of methoxy groups -OCH3 is 1. The van der Waals surface area contributed by atoms with Gasteiger partial charge in [-0.1, -0.05) is 22.0 Å². The highest BCUT2D eigenvalue weighted by Gasteiger charge is 2.32. The van der Waals surface area contributed by atoms with Crippen molar-refractivity contribution in [1.29, 1.82) is 0 Å². The zero-order valence-electron chi connectivity index (χ0n) is 24.0. The second-order valence-electron chi connectivity index (χ2n) is 9.55. The van der Waals surface area contributed by atoms with E-state index >= 15 is 0 Å². The molecule has 2 aromatic carbocycles. The maximum absolute atomic E-state index is 12.4. The number of benzene rings is 2. The van der Waals surface area contributed by atoms with Crippen molar-refractivity contribution in [2.24, 2.45) is 5.10 Å². The van der Waals surface area contributed by atoms with Crippen LogP contribution in [0.15, 0.2) is 69.4 Å². The fraction of sp³-hybridized carbons (Fsp3) is 0.300. The minimum Gasteiger partial charge on any atom is -0.490 e. The molecule has 1 aromatic heterocycles. The van der Waals surface area contributed by atoms with E-state index in [0.717, 1.165) is 27.1 Å². The van der Waals surface area contributed by atoms with Gasteiger partial charge < -0.3 is 34.5 Å². The summed E-state index contributed by atoms with van der Waals surface area (Å²) in [6, 6.07) is 14.0. The minimum absolute atomic E-state index is 0.120. The summed E-state index contributed by atoms with van der Waals surface area (Å²) in [6.45, 7) is 7.72. The number of halogens is 1. The number of aromatic nitrogens is 1. The summed E-state index contributed by atoms with van der Waals surface area (Å²) in [4.78, 5) is 24.6. The fourth-order valence-corrected chi connectivity index (χ4v) is 4.99. The van der Waals surface area contributed by atoms with Crippen LogP contribution in [-0.2, 0) is 9.53 Å². The Bertz CT molecular complexity index is 1520. The van der Waals surface area contributed by atoms with Crippen LogP contribution in [-0.4, -0.2) is 54.4 Å². The number of urea groups is 1. The van der Waals surface area contributed by atoms with Gasteiger partial charge in [-0.3, -0.25) is 5.43 Å². The fourth-order valence-electron chi connectivity index (χ4n) is 4.72. The number of amides is 2. The van der Waals surface area contributed by atoms with Crippen LogP contribution in [0.1, 0.15) is 42.4 Å². The molecule has 0 spiro atoms. The van der Waals surface area contributed by atoms with Crippen molar-refractivity contribution >= 4 is 34.1 Å². The number of ether oxygens (including phenoxy) is 3. The molecule has 0 saturated heterocycles. The van der Waals surface area contributed by atoms with Crippen LogP contribution >= 0.6 is 15.9 Å². The lowest BCUT2D eigenvalue weighted by Crippen LogP contribution is -2.45. The second-order valence-corrected chi connectivity index (χ2v) is 10.5. The van der Waals surface area contributed by atoms with Crippen LogP contribution in [0.25, 0.3) is 5.69 Å².